The maximum atomic E-state index is 11.0. The van der Waals surface area contributed by atoms with Crippen LogP contribution < -0.4 is 4.74 Å². The van der Waals surface area contributed by atoms with Gasteiger partial charge in [0.15, 0.2) is 6.29 Å². The number of nitrogens with zero attached hydrogens (tertiary/aromatic N) is 1. The van der Waals surface area contributed by atoms with Gasteiger partial charge in [-0.15, -0.1) is 0 Å². The second-order valence-corrected chi connectivity index (χ2v) is 4.68. The van der Waals surface area contributed by atoms with Gasteiger partial charge < -0.3 is 4.74 Å². The third-order valence-electron chi connectivity index (χ3n) is 3.13. The lowest BCUT2D eigenvalue weighted by Gasteiger charge is -2.18. The monoisotopic (exact) mass is 245 g/mol. The van der Waals surface area contributed by atoms with Crippen molar-refractivity contribution < 1.29 is 9.53 Å². The molecule has 0 N–H and O–H groups in total. The average molecular weight is 245 g/mol. The molecule has 1 aliphatic rings. The number of hydrogen-bond donors (Lipinski definition) is 0. The van der Waals surface area contributed by atoms with Gasteiger partial charge in [-0.3, -0.25) is 4.79 Å². The molecule has 1 heterocycles. The molecule has 0 spiro atoms. The van der Waals surface area contributed by atoms with Crippen LogP contribution >= 0.6 is 0 Å². The largest absolute Gasteiger partial charge is 0.484 e. The number of allylic oxidation sites excluding steroid dienone is 1. The first-order valence-corrected chi connectivity index (χ1v) is 6.56. The molecule has 0 aliphatic heterocycles. The zero-order valence-electron chi connectivity index (χ0n) is 10.8. The fourth-order valence-electron chi connectivity index (χ4n) is 2.14. The van der Waals surface area contributed by atoms with Gasteiger partial charge in [0.1, 0.15) is 17.5 Å². The molecule has 18 heavy (non-hydrogen) atoms. The molecule has 2 rings (SSSR count). The standard InChI is InChI=1S/C15H19NO2/c1-12-9-10-15(14(11-17)16-12)18-13-7-5-3-2-4-6-8-13/h5,7,9-11,13H,2-4,6,8H2,1H3/b7-5+. The third kappa shape index (κ3) is 3.42. The van der Waals surface area contributed by atoms with E-state index in [1.54, 1.807) is 0 Å². The van der Waals surface area contributed by atoms with Crippen LogP contribution in [0.1, 0.15) is 48.3 Å². The number of hydrogen-bond acceptors (Lipinski definition) is 3. The molecule has 0 radical (unpaired) electrons. The maximum Gasteiger partial charge on any atom is 0.172 e. The molecular weight excluding hydrogens is 226 g/mol. The van der Waals surface area contributed by atoms with Crippen LogP contribution in [0.15, 0.2) is 24.3 Å². The van der Waals surface area contributed by atoms with Gasteiger partial charge in [-0.1, -0.05) is 12.5 Å². The van der Waals surface area contributed by atoms with E-state index in [1.165, 1.54) is 19.3 Å². The Morgan fingerprint density at radius 3 is 3.06 bits per heavy atom. The van der Waals surface area contributed by atoms with E-state index in [0.29, 0.717) is 11.4 Å². The molecule has 3 heteroatoms. The van der Waals surface area contributed by atoms with Gasteiger partial charge in [0.25, 0.3) is 0 Å². The van der Waals surface area contributed by atoms with Crippen molar-refractivity contribution in [2.24, 2.45) is 0 Å². The number of carbonyl (C=O) groups is 1. The molecule has 1 aromatic heterocycles. The van der Waals surface area contributed by atoms with Crippen LogP contribution in [0.3, 0.4) is 0 Å². The zero-order valence-corrected chi connectivity index (χ0v) is 10.8. The Bertz CT molecular complexity index is 440. The lowest BCUT2D eigenvalue weighted by atomic mass is 10.0. The maximum absolute atomic E-state index is 11.0. The molecule has 1 aromatic rings. The summed E-state index contributed by atoms with van der Waals surface area (Å²) in [6, 6.07) is 3.70. The number of aryl methyl sites for hydroxylation is 1. The van der Waals surface area contributed by atoms with Gasteiger partial charge >= 0.3 is 0 Å². The highest BCUT2D eigenvalue weighted by Crippen LogP contribution is 2.21. The summed E-state index contributed by atoms with van der Waals surface area (Å²) in [5.74, 6) is 0.589. The first-order valence-electron chi connectivity index (χ1n) is 6.56. The van der Waals surface area contributed by atoms with Crippen LogP contribution in [-0.4, -0.2) is 17.4 Å². The molecule has 1 aliphatic carbocycles. The topological polar surface area (TPSA) is 39.2 Å². The van der Waals surface area contributed by atoms with Crippen molar-refractivity contribution in [2.45, 2.75) is 45.1 Å². The Labute approximate surface area is 108 Å². The first kappa shape index (κ1) is 12.8. The molecule has 0 bridgehead atoms. The fourth-order valence-corrected chi connectivity index (χ4v) is 2.14. The molecular formula is C15H19NO2. The minimum absolute atomic E-state index is 0.0634. The van der Waals surface area contributed by atoms with E-state index >= 15 is 0 Å². The lowest BCUT2D eigenvalue weighted by Crippen LogP contribution is -2.15. The highest BCUT2D eigenvalue weighted by molar-refractivity contribution is 5.76. The number of rotatable bonds is 3. The highest BCUT2D eigenvalue weighted by Gasteiger charge is 2.12. The summed E-state index contributed by atoms with van der Waals surface area (Å²) in [7, 11) is 0. The van der Waals surface area contributed by atoms with Gasteiger partial charge in [0.05, 0.1) is 0 Å². The van der Waals surface area contributed by atoms with Gasteiger partial charge in [-0.05, 0) is 50.8 Å². The van der Waals surface area contributed by atoms with Crippen molar-refractivity contribution in [2.75, 3.05) is 0 Å². The van der Waals surface area contributed by atoms with E-state index in [4.69, 9.17) is 4.74 Å². The van der Waals surface area contributed by atoms with Crippen LogP contribution in [0.25, 0.3) is 0 Å². The van der Waals surface area contributed by atoms with Crippen LogP contribution in [0.4, 0.5) is 0 Å². The van der Waals surface area contributed by atoms with Crippen molar-refractivity contribution in [3.05, 3.63) is 35.7 Å². The molecule has 0 saturated carbocycles. The van der Waals surface area contributed by atoms with Gasteiger partial charge in [-0.25, -0.2) is 4.98 Å². The van der Waals surface area contributed by atoms with Gasteiger partial charge in [0, 0.05) is 5.69 Å². The van der Waals surface area contributed by atoms with Crippen LogP contribution in [0, 0.1) is 6.92 Å². The van der Waals surface area contributed by atoms with Crippen molar-refractivity contribution in [3.63, 3.8) is 0 Å². The Hall–Kier alpha value is -1.64. The number of pyridine rings is 1. The number of aldehydes is 1. The Kier molecular flexibility index (Phi) is 4.51. The van der Waals surface area contributed by atoms with Gasteiger partial charge in [0.2, 0.25) is 0 Å². The quantitative estimate of drug-likeness (QED) is 0.604. The van der Waals surface area contributed by atoms with E-state index < -0.39 is 0 Å². The SMILES string of the molecule is Cc1ccc(OC2/C=C/CCCCC2)c(C=O)n1. The van der Waals surface area contributed by atoms with E-state index in [1.807, 2.05) is 19.1 Å². The van der Waals surface area contributed by atoms with Crippen molar-refractivity contribution in [1.82, 2.24) is 4.98 Å². The molecule has 1 atom stereocenters. The van der Waals surface area contributed by atoms with E-state index in [0.717, 1.165) is 24.8 Å². The molecule has 96 valence electrons. The Morgan fingerprint density at radius 1 is 1.33 bits per heavy atom. The summed E-state index contributed by atoms with van der Waals surface area (Å²) >= 11 is 0. The van der Waals surface area contributed by atoms with Crippen LogP contribution in [0.2, 0.25) is 0 Å². The van der Waals surface area contributed by atoms with Gasteiger partial charge in [-0.2, -0.15) is 0 Å². The summed E-state index contributed by atoms with van der Waals surface area (Å²) < 4.78 is 5.89. The summed E-state index contributed by atoms with van der Waals surface area (Å²) in [5, 5.41) is 0. The third-order valence-corrected chi connectivity index (χ3v) is 3.13. The first-order chi connectivity index (χ1) is 8.79. The predicted octanol–water partition coefficient (Wildman–Crippen LogP) is 3.47. The second-order valence-electron chi connectivity index (χ2n) is 4.68. The molecule has 0 fully saturated rings. The summed E-state index contributed by atoms with van der Waals surface area (Å²) in [5.41, 5.74) is 1.23. The summed E-state index contributed by atoms with van der Waals surface area (Å²) in [4.78, 5) is 15.2. The summed E-state index contributed by atoms with van der Waals surface area (Å²) in [6.45, 7) is 1.87. The molecule has 1 unspecified atom stereocenters. The van der Waals surface area contributed by atoms with Crippen LogP contribution in [-0.2, 0) is 0 Å². The molecule has 0 saturated heterocycles. The molecule has 0 amide bonds. The van der Waals surface area contributed by atoms with Crippen molar-refractivity contribution >= 4 is 6.29 Å². The number of carbonyl (C=O) groups excluding carboxylic acids is 1. The summed E-state index contributed by atoms with van der Waals surface area (Å²) in [6.07, 6.45) is 10.9. The van der Waals surface area contributed by atoms with E-state index in [-0.39, 0.29) is 6.10 Å². The van der Waals surface area contributed by atoms with Crippen molar-refractivity contribution in [3.8, 4) is 5.75 Å². The lowest BCUT2D eigenvalue weighted by molar-refractivity contribution is 0.111. The second kappa shape index (κ2) is 6.34. The number of aromatic nitrogens is 1. The van der Waals surface area contributed by atoms with E-state index in [2.05, 4.69) is 17.1 Å². The van der Waals surface area contributed by atoms with Crippen molar-refractivity contribution in [1.29, 1.82) is 0 Å². The predicted molar refractivity (Wildman–Crippen MR) is 71.0 cm³/mol. The normalized spacial score (nSPS) is 21.7. The average Bonchev–Trinajstić information content (AvgIpc) is 2.34. The van der Waals surface area contributed by atoms with Crippen LogP contribution in [0.5, 0.6) is 5.75 Å². The fraction of sp³-hybridized carbons (Fsp3) is 0.467. The number of ether oxygens (including phenoxy) is 1. The Balaban J connectivity index is 2.12. The zero-order chi connectivity index (χ0) is 12.8. The minimum atomic E-state index is 0.0634. The smallest absolute Gasteiger partial charge is 0.172 e. The highest BCUT2D eigenvalue weighted by atomic mass is 16.5. The molecule has 3 nitrogen and oxygen atoms in total. The van der Waals surface area contributed by atoms with E-state index in [9.17, 15) is 4.79 Å². The Morgan fingerprint density at radius 2 is 2.22 bits per heavy atom. The molecule has 0 aromatic carbocycles. The minimum Gasteiger partial charge on any atom is -0.484 e.